The Morgan fingerprint density at radius 1 is 1.24 bits per heavy atom. The average Bonchev–Trinajstić information content (AvgIpc) is 3.09. The number of piperazine rings is 1. The van der Waals surface area contributed by atoms with Crippen molar-refractivity contribution in [2.24, 2.45) is 0 Å². The first-order valence-corrected chi connectivity index (χ1v) is 7.37. The summed E-state index contributed by atoms with van der Waals surface area (Å²) >= 11 is 1.13. The molecule has 3 rings (SSSR count). The van der Waals surface area contributed by atoms with E-state index in [1.807, 2.05) is 17.0 Å². The molecule has 1 saturated heterocycles. The van der Waals surface area contributed by atoms with Gasteiger partial charge >= 0.3 is 0 Å². The molecule has 110 valence electrons. The van der Waals surface area contributed by atoms with Crippen molar-refractivity contribution in [3.8, 4) is 5.75 Å². The summed E-state index contributed by atoms with van der Waals surface area (Å²) in [6.45, 7) is 2.86. The van der Waals surface area contributed by atoms with Crippen LogP contribution in [0.4, 0.5) is 5.82 Å². The van der Waals surface area contributed by atoms with Crippen LogP contribution >= 0.6 is 11.5 Å². The van der Waals surface area contributed by atoms with Gasteiger partial charge in [-0.2, -0.15) is 0 Å². The molecular formula is C13H15N5O2S. The van der Waals surface area contributed by atoms with Crippen LogP contribution in [0.1, 0.15) is 9.67 Å². The third kappa shape index (κ3) is 2.94. The molecule has 3 heterocycles. The number of methoxy groups -OCH3 is 1. The van der Waals surface area contributed by atoms with E-state index in [1.165, 1.54) is 6.20 Å². The van der Waals surface area contributed by atoms with Crippen LogP contribution in [0.2, 0.25) is 0 Å². The van der Waals surface area contributed by atoms with Crippen LogP contribution < -0.4 is 9.64 Å². The van der Waals surface area contributed by atoms with Crippen molar-refractivity contribution in [1.82, 2.24) is 19.5 Å². The molecule has 0 unspecified atom stereocenters. The number of rotatable bonds is 3. The molecule has 1 amide bonds. The van der Waals surface area contributed by atoms with E-state index in [2.05, 4.69) is 19.5 Å². The van der Waals surface area contributed by atoms with Crippen molar-refractivity contribution in [3.63, 3.8) is 0 Å². The zero-order valence-corrected chi connectivity index (χ0v) is 12.4. The molecule has 8 heteroatoms. The lowest BCUT2D eigenvalue weighted by Gasteiger charge is -2.35. The molecular weight excluding hydrogens is 290 g/mol. The van der Waals surface area contributed by atoms with E-state index in [4.69, 9.17) is 4.74 Å². The molecule has 0 atom stereocenters. The second-order valence-electron chi connectivity index (χ2n) is 4.62. The summed E-state index contributed by atoms with van der Waals surface area (Å²) in [5.74, 6) is 1.65. The Kier molecular flexibility index (Phi) is 3.96. The fourth-order valence-corrected chi connectivity index (χ4v) is 2.72. The monoisotopic (exact) mass is 305 g/mol. The Bertz CT molecular complexity index is 594. The summed E-state index contributed by atoms with van der Waals surface area (Å²) in [4.78, 5) is 21.1. The summed E-state index contributed by atoms with van der Waals surface area (Å²) in [5.41, 5.74) is 0. The molecule has 2 aromatic rings. The Balaban J connectivity index is 1.60. The van der Waals surface area contributed by atoms with Gasteiger partial charge in [0.15, 0.2) is 0 Å². The standard InChI is InChI=1S/C13H15N5O2S/c1-20-10-2-3-12(14-8-10)17-4-6-18(7-5-17)13(19)11-9-15-16-21-11/h2-3,8-9H,4-7H2,1H3. The predicted octanol–water partition coefficient (Wildman–Crippen LogP) is 0.904. The van der Waals surface area contributed by atoms with E-state index >= 15 is 0 Å². The zero-order valence-electron chi connectivity index (χ0n) is 11.6. The quantitative estimate of drug-likeness (QED) is 0.839. The van der Waals surface area contributed by atoms with Gasteiger partial charge in [0.2, 0.25) is 0 Å². The third-order valence-electron chi connectivity index (χ3n) is 3.42. The summed E-state index contributed by atoms with van der Waals surface area (Å²) in [5, 5.41) is 3.71. The Labute approximate surface area is 126 Å². The highest BCUT2D eigenvalue weighted by molar-refractivity contribution is 7.07. The smallest absolute Gasteiger partial charge is 0.267 e. The molecule has 0 aromatic carbocycles. The molecule has 21 heavy (non-hydrogen) atoms. The molecule has 1 aliphatic heterocycles. The first-order valence-electron chi connectivity index (χ1n) is 6.59. The van der Waals surface area contributed by atoms with Crippen LogP contribution in [-0.2, 0) is 0 Å². The maximum Gasteiger partial charge on any atom is 0.267 e. The topological polar surface area (TPSA) is 71.5 Å². The minimum Gasteiger partial charge on any atom is -0.495 e. The minimum atomic E-state index is 0.00680. The summed E-state index contributed by atoms with van der Waals surface area (Å²) in [6, 6.07) is 3.83. The van der Waals surface area contributed by atoms with Gasteiger partial charge in [-0.3, -0.25) is 4.79 Å². The molecule has 2 aromatic heterocycles. The van der Waals surface area contributed by atoms with Crippen molar-refractivity contribution < 1.29 is 9.53 Å². The lowest BCUT2D eigenvalue weighted by molar-refractivity contribution is 0.0751. The van der Waals surface area contributed by atoms with Gasteiger partial charge in [-0.1, -0.05) is 4.49 Å². The molecule has 7 nitrogen and oxygen atoms in total. The van der Waals surface area contributed by atoms with E-state index in [1.54, 1.807) is 13.3 Å². The maximum absolute atomic E-state index is 12.2. The number of aromatic nitrogens is 3. The number of hydrogen-bond donors (Lipinski definition) is 0. The lowest BCUT2D eigenvalue weighted by atomic mass is 10.3. The van der Waals surface area contributed by atoms with E-state index in [0.29, 0.717) is 18.0 Å². The van der Waals surface area contributed by atoms with Gasteiger partial charge in [0.05, 0.1) is 19.5 Å². The van der Waals surface area contributed by atoms with Gasteiger partial charge in [0, 0.05) is 26.2 Å². The number of nitrogens with zero attached hydrogens (tertiary/aromatic N) is 5. The third-order valence-corrected chi connectivity index (χ3v) is 4.07. The average molecular weight is 305 g/mol. The number of amides is 1. The van der Waals surface area contributed by atoms with Crippen molar-refractivity contribution in [2.45, 2.75) is 0 Å². The number of hydrogen-bond acceptors (Lipinski definition) is 7. The fourth-order valence-electron chi connectivity index (χ4n) is 2.24. The first kappa shape index (κ1) is 13.7. The highest BCUT2D eigenvalue weighted by atomic mass is 32.1. The number of ether oxygens (including phenoxy) is 1. The second-order valence-corrected chi connectivity index (χ2v) is 5.40. The Hall–Kier alpha value is -2.22. The highest BCUT2D eigenvalue weighted by Crippen LogP contribution is 2.18. The van der Waals surface area contributed by atoms with Gasteiger partial charge in [-0.15, -0.1) is 5.10 Å². The van der Waals surface area contributed by atoms with Crippen molar-refractivity contribution in [1.29, 1.82) is 0 Å². The van der Waals surface area contributed by atoms with Crippen LogP contribution in [0.25, 0.3) is 0 Å². The van der Waals surface area contributed by atoms with Crippen LogP contribution in [0.3, 0.4) is 0 Å². The van der Waals surface area contributed by atoms with Crippen molar-refractivity contribution in [3.05, 3.63) is 29.4 Å². The summed E-state index contributed by atoms with van der Waals surface area (Å²) < 4.78 is 8.83. The van der Waals surface area contributed by atoms with Crippen LogP contribution in [0.5, 0.6) is 5.75 Å². The SMILES string of the molecule is COc1ccc(N2CCN(C(=O)c3cnns3)CC2)nc1. The lowest BCUT2D eigenvalue weighted by Crippen LogP contribution is -2.48. The number of carbonyl (C=O) groups is 1. The summed E-state index contributed by atoms with van der Waals surface area (Å²) in [6.07, 6.45) is 3.22. The Morgan fingerprint density at radius 2 is 2.05 bits per heavy atom. The first-order chi connectivity index (χ1) is 10.3. The van der Waals surface area contributed by atoms with Gasteiger partial charge in [-0.05, 0) is 23.7 Å². The molecule has 0 bridgehead atoms. The van der Waals surface area contributed by atoms with Gasteiger partial charge in [0.25, 0.3) is 5.91 Å². The highest BCUT2D eigenvalue weighted by Gasteiger charge is 2.23. The van der Waals surface area contributed by atoms with E-state index in [-0.39, 0.29) is 5.91 Å². The molecule has 0 radical (unpaired) electrons. The predicted molar refractivity (Wildman–Crippen MR) is 78.8 cm³/mol. The van der Waals surface area contributed by atoms with E-state index in [9.17, 15) is 4.79 Å². The molecule has 1 fully saturated rings. The zero-order chi connectivity index (χ0) is 14.7. The van der Waals surface area contributed by atoms with E-state index < -0.39 is 0 Å². The molecule has 0 N–H and O–H groups in total. The largest absolute Gasteiger partial charge is 0.495 e. The fraction of sp³-hybridized carbons (Fsp3) is 0.385. The van der Waals surface area contributed by atoms with Gasteiger partial charge in [-0.25, -0.2) is 4.98 Å². The van der Waals surface area contributed by atoms with Crippen molar-refractivity contribution >= 4 is 23.3 Å². The second kappa shape index (κ2) is 6.04. The van der Waals surface area contributed by atoms with Gasteiger partial charge < -0.3 is 14.5 Å². The van der Waals surface area contributed by atoms with Crippen molar-refractivity contribution in [2.75, 3.05) is 38.2 Å². The molecule has 0 aliphatic carbocycles. The van der Waals surface area contributed by atoms with E-state index in [0.717, 1.165) is 36.2 Å². The van der Waals surface area contributed by atoms with Crippen LogP contribution in [-0.4, -0.2) is 58.7 Å². The molecule has 1 aliphatic rings. The summed E-state index contributed by atoms with van der Waals surface area (Å²) in [7, 11) is 1.62. The molecule has 0 saturated carbocycles. The minimum absolute atomic E-state index is 0.00680. The Morgan fingerprint density at radius 3 is 2.62 bits per heavy atom. The molecule has 0 spiro atoms. The number of carbonyl (C=O) groups excluding carboxylic acids is 1. The normalized spacial score (nSPS) is 15.1. The van der Waals surface area contributed by atoms with Gasteiger partial charge in [0.1, 0.15) is 16.4 Å². The number of anilines is 1. The van der Waals surface area contributed by atoms with Crippen LogP contribution in [0.15, 0.2) is 24.5 Å². The van der Waals surface area contributed by atoms with Crippen LogP contribution in [0, 0.1) is 0 Å². The number of pyridine rings is 1. The maximum atomic E-state index is 12.2.